The van der Waals surface area contributed by atoms with Crippen LogP contribution in [-0.4, -0.2) is 16.8 Å². The van der Waals surface area contributed by atoms with Gasteiger partial charge in [-0.3, -0.25) is 4.68 Å². The Morgan fingerprint density at radius 1 is 1.25 bits per heavy atom. The first-order chi connectivity index (χ1) is 9.69. The average molecular weight is 336 g/mol. The molecule has 2 aromatic rings. The van der Waals surface area contributed by atoms with Crippen molar-refractivity contribution < 1.29 is 0 Å². The lowest BCUT2D eigenvalue weighted by atomic mass is 10.1. The van der Waals surface area contributed by atoms with E-state index < -0.39 is 0 Å². The van der Waals surface area contributed by atoms with Crippen molar-refractivity contribution in [2.45, 2.75) is 39.8 Å². The summed E-state index contributed by atoms with van der Waals surface area (Å²) in [4.78, 5) is 0. The highest BCUT2D eigenvalue weighted by Crippen LogP contribution is 2.19. The van der Waals surface area contributed by atoms with E-state index in [1.54, 1.807) is 0 Å². The molecule has 1 heterocycles. The molecule has 0 aliphatic rings. The van der Waals surface area contributed by atoms with E-state index in [-0.39, 0.29) is 0 Å². The SMILES string of the molecule is CCc1nn(Cc2cccc(Br)c2)c(CC)c1CNC. The Balaban J connectivity index is 2.36. The molecule has 0 aliphatic heterocycles. The molecule has 20 heavy (non-hydrogen) atoms. The fraction of sp³-hybridized carbons (Fsp3) is 0.438. The summed E-state index contributed by atoms with van der Waals surface area (Å²) in [6, 6.07) is 8.43. The first-order valence-corrected chi connectivity index (χ1v) is 7.95. The molecule has 0 fully saturated rings. The second-order valence-electron chi connectivity index (χ2n) is 4.90. The number of rotatable bonds is 6. The Bertz CT molecular complexity index is 575. The van der Waals surface area contributed by atoms with Crippen LogP contribution in [0.3, 0.4) is 0 Å². The normalized spacial score (nSPS) is 11.0. The summed E-state index contributed by atoms with van der Waals surface area (Å²) in [7, 11) is 1.99. The number of nitrogens with one attached hydrogen (secondary N) is 1. The van der Waals surface area contributed by atoms with Crippen LogP contribution in [0, 0.1) is 0 Å². The monoisotopic (exact) mass is 335 g/mol. The first kappa shape index (κ1) is 15.3. The molecule has 108 valence electrons. The van der Waals surface area contributed by atoms with E-state index in [1.807, 2.05) is 7.05 Å². The van der Waals surface area contributed by atoms with Crippen molar-refractivity contribution in [1.29, 1.82) is 0 Å². The number of halogens is 1. The van der Waals surface area contributed by atoms with Crippen LogP contribution in [0.1, 0.15) is 36.4 Å². The van der Waals surface area contributed by atoms with Gasteiger partial charge in [-0.15, -0.1) is 0 Å². The van der Waals surface area contributed by atoms with Gasteiger partial charge in [0.15, 0.2) is 0 Å². The van der Waals surface area contributed by atoms with E-state index >= 15 is 0 Å². The minimum atomic E-state index is 0.833. The van der Waals surface area contributed by atoms with Gasteiger partial charge in [-0.05, 0) is 37.6 Å². The van der Waals surface area contributed by atoms with Crippen molar-refractivity contribution >= 4 is 15.9 Å². The minimum Gasteiger partial charge on any atom is -0.316 e. The van der Waals surface area contributed by atoms with Crippen LogP contribution in [0.25, 0.3) is 0 Å². The molecular weight excluding hydrogens is 314 g/mol. The molecule has 0 amide bonds. The molecule has 0 saturated heterocycles. The second-order valence-corrected chi connectivity index (χ2v) is 5.81. The van der Waals surface area contributed by atoms with Gasteiger partial charge in [0.05, 0.1) is 12.2 Å². The summed E-state index contributed by atoms with van der Waals surface area (Å²) in [5.74, 6) is 0. The lowest BCUT2D eigenvalue weighted by Crippen LogP contribution is -2.10. The fourth-order valence-corrected chi connectivity index (χ4v) is 3.04. The lowest BCUT2D eigenvalue weighted by molar-refractivity contribution is 0.638. The van der Waals surface area contributed by atoms with Gasteiger partial charge >= 0.3 is 0 Å². The molecule has 0 spiro atoms. The quantitative estimate of drug-likeness (QED) is 0.874. The van der Waals surface area contributed by atoms with Crippen LogP contribution < -0.4 is 5.32 Å². The van der Waals surface area contributed by atoms with Crippen molar-refractivity contribution in [3.8, 4) is 0 Å². The predicted octanol–water partition coefficient (Wildman–Crippen LogP) is 3.54. The Morgan fingerprint density at radius 3 is 2.65 bits per heavy atom. The van der Waals surface area contributed by atoms with E-state index in [2.05, 4.69) is 64.0 Å². The molecule has 0 radical (unpaired) electrons. The summed E-state index contributed by atoms with van der Waals surface area (Å²) in [6.07, 6.45) is 1.99. The molecule has 3 nitrogen and oxygen atoms in total. The van der Waals surface area contributed by atoms with Gasteiger partial charge in [0.25, 0.3) is 0 Å². The number of benzene rings is 1. The summed E-state index contributed by atoms with van der Waals surface area (Å²) in [5, 5.41) is 8.06. The number of hydrogen-bond donors (Lipinski definition) is 1. The summed E-state index contributed by atoms with van der Waals surface area (Å²) in [5.41, 5.74) is 5.20. The first-order valence-electron chi connectivity index (χ1n) is 7.16. The molecule has 0 aliphatic carbocycles. The van der Waals surface area contributed by atoms with E-state index in [4.69, 9.17) is 5.10 Å². The Kier molecular flexibility index (Phi) is 5.38. The van der Waals surface area contributed by atoms with Crippen molar-refractivity contribution in [2.24, 2.45) is 0 Å². The van der Waals surface area contributed by atoms with Crippen molar-refractivity contribution in [1.82, 2.24) is 15.1 Å². The zero-order valence-corrected chi connectivity index (χ0v) is 14.0. The third-order valence-electron chi connectivity index (χ3n) is 3.49. The maximum Gasteiger partial charge on any atom is 0.0669 e. The van der Waals surface area contributed by atoms with Crippen molar-refractivity contribution in [2.75, 3.05) is 7.05 Å². The van der Waals surface area contributed by atoms with Crippen LogP contribution in [0.15, 0.2) is 28.7 Å². The van der Waals surface area contributed by atoms with Crippen LogP contribution in [-0.2, 0) is 25.9 Å². The van der Waals surface area contributed by atoms with Gasteiger partial charge in [0.2, 0.25) is 0 Å². The van der Waals surface area contributed by atoms with Gasteiger partial charge < -0.3 is 5.32 Å². The zero-order valence-electron chi connectivity index (χ0n) is 12.4. The molecule has 0 unspecified atom stereocenters. The third-order valence-corrected chi connectivity index (χ3v) is 3.99. The lowest BCUT2D eigenvalue weighted by Gasteiger charge is -2.08. The van der Waals surface area contributed by atoms with Gasteiger partial charge in [-0.2, -0.15) is 5.10 Å². The Morgan fingerprint density at radius 2 is 2.05 bits per heavy atom. The summed E-state index contributed by atoms with van der Waals surface area (Å²) >= 11 is 3.53. The summed E-state index contributed by atoms with van der Waals surface area (Å²) in [6.45, 7) is 6.10. The molecule has 1 N–H and O–H groups in total. The van der Waals surface area contributed by atoms with Crippen molar-refractivity contribution in [3.05, 3.63) is 51.3 Å². The summed E-state index contributed by atoms with van der Waals surface area (Å²) < 4.78 is 3.28. The number of hydrogen-bond acceptors (Lipinski definition) is 2. The van der Waals surface area contributed by atoms with Crippen LogP contribution >= 0.6 is 15.9 Å². The second kappa shape index (κ2) is 7.04. The highest BCUT2D eigenvalue weighted by molar-refractivity contribution is 9.10. The van der Waals surface area contributed by atoms with Gasteiger partial charge in [0.1, 0.15) is 0 Å². The topological polar surface area (TPSA) is 29.9 Å². The van der Waals surface area contributed by atoms with Crippen LogP contribution in [0.2, 0.25) is 0 Å². The van der Waals surface area contributed by atoms with E-state index in [1.165, 1.54) is 22.5 Å². The largest absolute Gasteiger partial charge is 0.316 e. The molecule has 1 aromatic heterocycles. The standard InChI is InChI=1S/C16H22BrN3/c1-4-15-14(10-18-3)16(5-2)20(19-15)11-12-7-6-8-13(17)9-12/h6-9,18H,4-5,10-11H2,1-3H3. The maximum absolute atomic E-state index is 4.80. The van der Waals surface area contributed by atoms with E-state index in [0.29, 0.717) is 0 Å². The van der Waals surface area contributed by atoms with Gasteiger partial charge in [-0.25, -0.2) is 0 Å². The van der Waals surface area contributed by atoms with Crippen LogP contribution in [0.5, 0.6) is 0 Å². The molecular formula is C16H22BrN3. The number of nitrogens with zero attached hydrogens (tertiary/aromatic N) is 2. The molecule has 2 rings (SSSR count). The molecule has 0 bridgehead atoms. The Hall–Kier alpha value is -1.13. The molecule has 0 saturated carbocycles. The van der Waals surface area contributed by atoms with Gasteiger partial charge in [-0.1, -0.05) is 41.9 Å². The molecule has 0 atom stereocenters. The highest BCUT2D eigenvalue weighted by atomic mass is 79.9. The fourth-order valence-electron chi connectivity index (χ4n) is 2.59. The third kappa shape index (κ3) is 3.30. The maximum atomic E-state index is 4.80. The molecule has 4 heteroatoms. The van der Waals surface area contributed by atoms with E-state index in [0.717, 1.165) is 30.4 Å². The Labute approximate surface area is 129 Å². The molecule has 1 aromatic carbocycles. The number of aryl methyl sites for hydroxylation is 1. The highest BCUT2D eigenvalue weighted by Gasteiger charge is 2.14. The van der Waals surface area contributed by atoms with Crippen molar-refractivity contribution in [3.63, 3.8) is 0 Å². The van der Waals surface area contributed by atoms with E-state index in [9.17, 15) is 0 Å². The minimum absolute atomic E-state index is 0.833. The van der Waals surface area contributed by atoms with Crippen LogP contribution in [0.4, 0.5) is 0 Å². The predicted molar refractivity (Wildman–Crippen MR) is 87.0 cm³/mol. The zero-order chi connectivity index (χ0) is 14.5. The van der Waals surface area contributed by atoms with Gasteiger partial charge in [0, 0.05) is 22.3 Å². The number of aromatic nitrogens is 2. The smallest absolute Gasteiger partial charge is 0.0669 e. The average Bonchev–Trinajstić information content (AvgIpc) is 2.76.